The van der Waals surface area contributed by atoms with Crippen LogP contribution in [0.3, 0.4) is 0 Å². The molecule has 1 aromatic rings. The molecule has 3 heteroatoms. The highest BCUT2D eigenvalue weighted by atomic mass is 32.2. The lowest BCUT2D eigenvalue weighted by molar-refractivity contribution is 0.523. The van der Waals surface area contributed by atoms with Crippen LogP contribution in [0.5, 0.6) is 0 Å². The third-order valence-corrected chi connectivity index (χ3v) is 4.71. The van der Waals surface area contributed by atoms with Crippen molar-refractivity contribution in [1.29, 1.82) is 0 Å². The zero-order valence-corrected chi connectivity index (χ0v) is 12.5. The molecule has 0 bridgehead atoms. The quantitative estimate of drug-likeness (QED) is 0.867. The Morgan fingerprint density at radius 1 is 1.33 bits per heavy atom. The highest BCUT2D eigenvalue weighted by Gasteiger charge is 2.28. The van der Waals surface area contributed by atoms with Gasteiger partial charge in [-0.1, -0.05) is 44.7 Å². The van der Waals surface area contributed by atoms with E-state index in [0.717, 1.165) is 23.0 Å². The minimum absolute atomic E-state index is 0.116. The maximum Gasteiger partial charge on any atom is 0.161 e. The molecule has 0 aliphatic carbocycles. The highest BCUT2D eigenvalue weighted by molar-refractivity contribution is 8.14. The average Bonchev–Trinajstić information content (AvgIpc) is 2.72. The number of hydrogen-bond acceptors (Lipinski definition) is 3. The third kappa shape index (κ3) is 3.08. The Balaban J connectivity index is 2.04. The van der Waals surface area contributed by atoms with Gasteiger partial charge in [-0.25, -0.2) is 0 Å². The van der Waals surface area contributed by atoms with Gasteiger partial charge < -0.3 is 5.32 Å². The summed E-state index contributed by atoms with van der Waals surface area (Å²) in [6.07, 6.45) is 1.09. The van der Waals surface area contributed by atoms with Gasteiger partial charge in [0.05, 0.1) is 5.54 Å². The van der Waals surface area contributed by atoms with Crippen molar-refractivity contribution in [1.82, 2.24) is 0 Å². The summed E-state index contributed by atoms with van der Waals surface area (Å²) in [6.45, 7) is 8.85. The van der Waals surface area contributed by atoms with Crippen molar-refractivity contribution in [2.45, 2.75) is 45.6 Å². The highest BCUT2D eigenvalue weighted by Crippen LogP contribution is 2.30. The minimum atomic E-state index is 0.116. The lowest BCUT2D eigenvalue weighted by Gasteiger charge is -2.15. The molecule has 0 fully saturated rings. The Morgan fingerprint density at radius 3 is 2.50 bits per heavy atom. The number of thioether (sulfide) groups is 1. The molecule has 0 aromatic heterocycles. The maximum absolute atomic E-state index is 4.76. The van der Waals surface area contributed by atoms with Crippen molar-refractivity contribution in [3.8, 4) is 0 Å². The molecule has 1 atom stereocenters. The van der Waals surface area contributed by atoms with E-state index in [2.05, 4.69) is 57.3 Å². The zero-order valence-electron chi connectivity index (χ0n) is 11.7. The minimum Gasteiger partial charge on any atom is -0.335 e. The van der Waals surface area contributed by atoms with Gasteiger partial charge in [-0.2, -0.15) is 0 Å². The predicted octanol–water partition coefficient (Wildman–Crippen LogP) is 4.49. The summed E-state index contributed by atoms with van der Waals surface area (Å²) >= 11 is 1.82. The summed E-state index contributed by atoms with van der Waals surface area (Å²) in [5, 5.41) is 4.46. The summed E-state index contributed by atoms with van der Waals surface area (Å²) in [5.74, 6) is 1.66. The SMILES string of the molecule is CCC1(C)CSC(Nc2ccc(C(C)C)cc2)=N1. The molecule has 0 amide bonds. The van der Waals surface area contributed by atoms with Crippen LogP contribution in [0.4, 0.5) is 5.69 Å². The van der Waals surface area contributed by atoms with Crippen LogP contribution in [-0.2, 0) is 0 Å². The fourth-order valence-electron chi connectivity index (χ4n) is 1.85. The summed E-state index contributed by atoms with van der Waals surface area (Å²) in [7, 11) is 0. The van der Waals surface area contributed by atoms with Crippen molar-refractivity contribution in [2.24, 2.45) is 4.99 Å². The smallest absolute Gasteiger partial charge is 0.161 e. The number of hydrogen-bond donors (Lipinski definition) is 1. The molecule has 1 unspecified atom stereocenters. The van der Waals surface area contributed by atoms with E-state index >= 15 is 0 Å². The second-order valence-electron chi connectivity index (χ2n) is 5.46. The van der Waals surface area contributed by atoms with E-state index in [0.29, 0.717) is 5.92 Å². The summed E-state index contributed by atoms with van der Waals surface area (Å²) in [5.41, 5.74) is 2.62. The molecule has 1 aromatic carbocycles. The average molecular weight is 262 g/mol. The first-order valence-corrected chi connectivity index (χ1v) is 7.60. The number of nitrogens with zero attached hydrogens (tertiary/aromatic N) is 1. The van der Waals surface area contributed by atoms with E-state index in [9.17, 15) is 0 Å². The van der Waals surface area contributed by atoms with Crippen LogP contribution in [0.1, 0.15) is 45.6 Å². The van der Waals surface area contributed by atoms with E-state index in [1.807, 2.05) is 11.8 Å². The zero-order chi connectivity index (χ0) is 13.2. The number of aliphatic imine (C=N–C) groups is 1. The van der Waals surface area contributed by atoms with Crippen LogP contribution in [0, 0.1) is 0 Å². The fraction of sp³-hybridized carbons (Fsp3) is 0.533. The van der Waals surface area contributed by atoms with Gasteiger partial charge in [0.25, 0.3) is 0 Å². The molecule has 1 N–H and O–H groups in total. The molecule has 0 spiro atoms. The molecular weight excluding hydrogens is 240 g/mol. The Morgan fingerprint density at radius 2 is 2.00 bits per heavy atom. The topological polar surface area (TPSA) is 24.4 Å². The summed E-state index contributed by atoms with van der Waals surface area (Å²) < 4.78 is 0. The lowest BCUT2D eigenvalue weighted by Crippen LogP contribution is -2.20. The van der Waals surface area contributed by atoms with Crippen molar-refractivity contribution in [3.05, 3.63) is 29.8 Å². The van der Waals surface area contributed by atoms with Gasteiger partial charge in [0.2, 0.25) is 0 Å². The van der Waals surface area contributed by atoms with Crippen LogP contribution in [0.2, 0.25) is 0 Å². The second kappa shape index (κ2) is 5.35. The Labute approximate surface area is 114 Å². The third-order valence-electron chi connectivity index (χ3n) is 3.48. The number of benzene rings is 1. The number of rotatable bonds is 3. The number of amidine groups is 1. The number of anilines is 1. The normalized spacial score (nSPS) is 23.3. The van der Waals surface area contributed by atoms with Crippen LogP contribution in [0.25, 0.3) is 0 Å². The Hall–Kier alpha value is -0.960. The molecule has 0 radical (unpaired) electrons. The van der Waals surface area contributed by atoms with Gasteiger partial charge in [-0.15, -0.1) is 0 Å². The van der Waals surface area contributed by atoms with E-state index < -0.39 is 0 Å². The monoisotopic (exact) mass is 262 g/mol. The number of nitrogens with one attached hydrogen (secondary N) is 1. The predicted molar refractivity (Wildman–Crippen MR) is 82.7 cm³/mol. The van der Waals surface area contributed by atoms with Crippen molar-refractivity contribution < 1.29 is 0 Å². The van der Waals surface area contributed by atoms with Gasteiger partial charge in [-0.05, 0) is 37.0 Å². The molecule has 2 nitrogen and oxygen atoms in total. The van der Waals surface area contributed by atoms with Crippen LogP contribution >= 0.6 is 11.8 Å². The second-order valence-corrected chi connectivity index (χ2v) is 6.42. The summed E-state index contributed by atoms with van der Waals surface area (Å²) in [4.78, 5) is 4.76. The molecule has 2 rings (SSSR count). The molecule has 98 valence electrons. The van der Waals surface area contributed by atoms with Crippen LogP contribution in [-0.4, -0.2) is 16.5 Å². The van der Waals surface area contributed by atoms with Crippen molar-refractivity contribution in [3.63, 3.8) is 0 Å². The largest absolute Gasteiger partial charge is 0.335 e. The molecular formula is C15H22N2S. The standard InChI is InChI=1S/C15H22N2S/c1-5-15(4)10-18-14(17-15)16-13-8-6-12(7-9-13)11(2)3/h6-9,11H,5,10H2,1-4H3,(H,16,17). The van der Waals surface area contributed by atoms with E-state index in [4.69, 9.17) is 4.99 Å². The first-order valence-electron chi connectivity index (χ1n) is 6.62. The molecule has 1 heterocycles. The van der Waals surface area contributed by atoms with Crippen LogP contribution < -0.4 is 5.32 Å². The summed E-state index contributed by atoms with van der Waals surface area (Å²) in [6, 6.07) is 8.65. The van der Waals surface area contributed by atoms with Gasteiger partial charge in [0.15, 0.2) is 5.17 Å². The molecule has 18 heavy (non-hydrogen) atoms. The van der Waals surface area contributed by atoms with Gasteiger partial charge >= 0.3 is 0 Å². The Bertz CT molecular complexity index is 436. The van der Waals surface area contributed by atoms with Crippen LogP contribution in [0.15, 0.2) is 29.3 Å². The van der Waals surface area contributed by atoms with Crippen molar-refractivity contribution >= 4 is 22.6 Å². The first-order chi connectivity index (χ1) is 8.52. The molecule has 0 saturated heterocycles. The Kier molecular flexibility index (Phi) is 4.00. The van der Waals surface area contributed by atoms with E-state index in [-0.39, 0.29) is 5.54 Å². The van der Waals surface area contributed by atoms with Gasteiger partial charge in [0.1, 0.15) is 0 Å². The van der Waals surface area contributed by atoms with Gasteiger partial charge in [-0.3, -0.25) is 4.99 Å². The molecule has 1 aliphatic heterocycles. The first kappa shape index (κ1) is 13.5. The fourth-order valence-corrected chi connectivity index (χ4v) is 3.04. The maximum atomic E-state index is 4.76. The molecule has 0 saturated carbocycles. The lowest BCUT2D eigenvalue weighted by atomic mass is 10.0. The molecule has 1 aliphatic rings. The van der Waals surface area contributed by atoms with Gasteiger partial charge in [0, 0.05) is 11.4 Å². The van der Waals surface area contributed by atoms with Crippen molar-refractivity contribution in [2.75, 3.05) is 11.1 Å². The van der Waals surface area contributed by atoms with E-state index in [1.165, 1.54) is 5.56 Å². The van der Waals surface area contributed by atoms with E-state index in [1.54, 1.807) is 0 Å².